The van der Waals surface area contributed by atoms with Crippen LogP contribution >= 0.6 is 0 Å². The number of benzene rings is 3. The number of halogens is 1. The second-order valence-corrected chi connectivity index (χ2v) is 9.04. The number of piperazine rings is 1. The van der Waals surface area contributed by atoms with Gasteiger partial charge in [0.25, 0.3) is 0 Å². The summed E-state index contributed by atoms with van der Waals surface area (Å²) in [6.45, 7) is 6.92. The quantitative estimate of drug-likeness (QED) is 0.506. The number of hydrogen-bond donors (Lipinski definition) is 2. The monoisotopic (exact) mass is 463 g/mol. The SMILES string of the molecule is Cc1ccc(OC[C@@H](O)CN2CCN(c3ccc(Cc4ccc(F)cc4)cc3)CC2)c(CN)c1. The van der Waals surface area contributed by atoms with E-state index in [1.165, 1.54) is 23.4 Å². The van der Waals surface area contributed by atoms with Crippen molar-refractivity contribution in [2.75, 3.05) is 44.2 Å². The molecule has 3 N–H and O–H groups in total. The molecular weight excluding hydrogens is 429 g/mol. The number of aliphatic hydroxyl groups excluding tert-OH is 1. The molecule has 1 atom stereocenters. The Morgan fingerprint density at radius 3 is 2.24 bits per heavy atom. The number of anilines is 1. The Kier molecular flexibility index (Phi) is 8.16. The van der Waals surface area contributed by atoms with E-state index in [1.54, 1.807) is 0 Å². The lowest BCUT2D eigenvalue weighted by Crippen LogP contribution is -2.49. The third kappa shape index (κ3) is 6.56. The minimum Gasteiger partial charge on any atom is -0.491 e. The summed E-state index contributed by atoms with van der Waals surface area (Å²) in [6, 6.07) is 21.2. The van der Waals surface area contributed by atoms with Crippen LogP contribution in [0.2, 0.25) is 0 Å². The molecule has 3 aromatic carbocycles. The molecule has 0 aromatic heterocycles. The maximum atomic E-state index is 13.1. The van der Waals surface area contributed by atoms with Crippen molar-refractivity contribution in [2.45, 2.75) is 26.0 Å². The molecule has 0 amide bonds. The predicted octanol–water partition coefficient (Wildman–Crippen LogP) is 3.75. The highest BCUT2D eigenvalue weighted by atomic mass is 19.1. The Bertz CT molecular complexity index is 1050. The summed E-state index contributed by atoms with van der Waals surface area (Å²) >= 11 is 0. The van der Waals surface area contributed by atoms with Crippen molar-refractivity contribution in [1.29, 1.82) is 0 Å². The Morgan fingerprint density at radius 1 is 0.941 bits per heavy atom. The van der Waals surface area contributed by atoms with E-state index in [4.69, 9.17) is 10.5 Å². The number of aryl methyl sites for hydroxylation is 1. The molecule has 4 rings (SSSR count). The zero-order valence-electron chi connectivity index (χ0n) is 19.8. The summed E-state index contributed by atoms with van der Waals surface area (Å²) in [6.07, 6.45) is 0.244. The number of rotatable bonds is 9. The maximum Gasteiger partial charge on any atom is 0.123 e. The fourth-order valence-corrected chi connectivity index (χ4v) is 4.40. The van der Waals surface area contributed by atoms with E-state index in [2.05, 4.69) is 34.1 Å². The first-order valence-electron chi connectivity index (χ1n) is 11.9. The zero-order chi connectivity index (χ0) is 23.9. The van der Waals surface area contributed by atoms with Gasteiger partial charge in [-0.15, -0.1) is 0 Å². The second kappa shape index (κ2) is 11.5. The molecule has 5 nitrogen and oxygen atoms in total. The Hall–Kier alpha value is -2.93. The lowest BCUT2D eigenvalue weighted by molar-refractivity contribution is 0.0660. The first kappa shape index (κ1) is 24.2. The summed E-state index contributed by atoms with van der Waals surface area (Å²) in [5.41, 5.74) is 11.4. The van der Waals surface area contributed by atoms with Crippen molar-refractivity contribution in [3.05, 3.63) is 94.8 Å². The van der Waals surface area contributed by atoms with Crippen LogP contribution in [0.25, 0.3) is 0 Å². The molecule has 0 spiro atoms. The van der Waals surface area contributed by atoms with Gasteiger partial charge in [-0.3, -0.25) is 4.90 Å². The molecule has 6 heteroatoms. The molecule has 3 aromatic rings. The van der Waals surface area contributed by atoms with Gasteiger partial charge in [0.1, 0.15) is 24.3 Å². The van der Waals surface area contributed by atoms with E-state index in [0.717, 1.165) is 55.0 Å². The van der Waals surface area contributed by atoms with Gasteiger partial charge in [0, 0.05) is 50.5 Å². The van der Waals surface area contributed by atoms with E-state index < -0.39 is 6.10 Å². The fraction of sp³-hybridized carbons (Fsp3) is 0.357. The average molecular weight is 464 g/mol. The molecule has 0 bridgehead atoms. The molecule has 0 aliphatic carbocycles. The Morgan fingerprint density at radius 2 is 1.59 bits per heavy atom. The minimum atomic E-state index is -0.552. The van der Waals surface area contributed by atoms with Crippen LogP contribution in [0.3, 0.4) is 0 Å². The van der Waals surface area contributed by atoms with Crippen LogP contribution < -0.4 is 15.4 Å². The van der Waals surface area contributed by atoms with Crippen molar-refractivity contribution < 1.29 is 14.2 Å². The van der Waals surface area contributed by atoms with E-state index >= 15 is 0 Å². The van der Waals surface area contributed by atoms with Crippen LogP contribution in [0.15, 0.2) is 66.7 Å². The van der Waals surface area contributed by atoms with Crippen LogP contribution in [0.5, 0.6) is 5.75 Å². The minimum absolute atomic E-state index is 0.203. The summed E-state index contributed by atoms with van der Waals surface area (Å²) < 4.78 is 18.9. The largest absolute Gasteiger partial charge is 0.491 e. The first-order valence-corrected chi connectivity index (χ1v) is 11.9. The van der Waals surface area contributed by atoms with Gasteiger partial charge in [-0.1, -0.05) is 42.0 Å². The highest BCUT2D eigenvalue weighted by Gasteiger charge is 2.20. The summed E-state index contributed by atoms with van der Waals surface area (Å²) in [7, 11) is 0. The normalized spacial score (nSPS) is 15.4. The van der Waals surface area contributed by atoms with Crippen molar-refractivity contribution in [3.8, 4) is 5.75 Å². The first-order chi connectivity index (χ1) is 16.5. The van der Waals surface area contributed by atoms with E-state index in [9.17, 15) is 9.50 Å². The van der Waals surface area contributed by atoms with Gasteiger partial charge in [0.15, 0.2) is 0 Å². The summed E-state index contributed by atoms with van der Waals surface area (Å²) in [4.78, 5) is 4.66. The van der Waals surface area contributed by atoms with Gasteiger partial charge in [-0.25, -0.2) is 4.39 Å². The maximum absolute atomic E-state index is 13.1. The Labute approximate surface area is 201 Å². The van der Waals surface area contributed by atoms with E-state index in [-0.39, 0.29) is 12.4 Å². The molecule has 1 aliphatic rings. The molecule has 0 unspecified atom stereocenters. The molecule has 1 fully saturated rings. The lowest BCUT2D eigenvalue weighted by atomic mass is 10.0. The lowest BCUT2D eigenvalue weighted by Gasteiger charge is -2.37. The van der Waals surface area contributed by atoms with Gasteiger partial charge < -0.3 is 20.5 Å². The molecule has 0 radical (unpaired) electrons. The molecule has 1 saturated heterocycles. The summed E-state index contributed by atoms with van der Waals surface area (Å²) in [5, 5.41) is 10.5. The number of β-amino-alcohol motifs (C(OH)–C–C–N with tert-alkyl or cyclic N) is 1. The third-order valence-electron chi connectivity index (χ3n) is 6.33. The highest BCUT2D eigenvalue weighted by Crippen LogP contribution is 2.21. The van der Waals surface area contributed by atoms with Crippen LogP contribution in [-0.4, -0.2) is 55.4 Å². The van der Waals surface area contributed by atoms with Crippen molar-refractivity contribution in [1.82, 2.24) is 4.90 Å². The van der Waals surface area contributed by atoms with Crippen LogP contribution in [0, 0.1) is 12.7 Å². The predicted molar refractivity (Wildman–Crippen MR) is 135 cm³/mol. The average Bonchev–Trinajstić information content (AvgIpc) is 2.85. The fourth-order valence-electron chi connectivity index (χ4n) is 4.40. The van der Waals surface area contributed by atoms with Gasteiger partial charge in [0.05, 0.1) is 0 Å². The topological polar surface area (TPSA) is 62.0 Å². The second-order valence-electron chi connectivity index (χ2n) is 9.04. The third-order valence-corrected chi connectivity index (χ3v) is 6.33. The van der Waals surface area contributed by atoms with Crippen LogP contribution in [-0.2, 0) is 13.0 Å². The van der Waals surface area contributed by atoms with Crippen molar-refractivity contribution in [2.24, 2.45) is 5.73 Å². The van der Waals surface area contributed by atoms with E-state index in [0.29, 0.717) is 13.1 Å². The molecule has 180 valence electrons. The van der Waals surface area contributed by atoms with Crippen molar-refractivity contribution >= 4 is 5.69 Å². The molecule has 34 heavy (non-hydrogen) atoms. The summed E-state index contributed by atoms with van der Waals surface area (Å²) in [5.74, 6) is 0.546. The van der Waals surface area contributed by atoms with Gasteiger partial charge in [0.2, 0.25) is 0 Å². The number of hydrogen-bond acceptors (Lipinski definition) is 5. The number of aliphatic hydroxyl groups is 1. The molecule has 0 saturated carbocycles. The highest BCUT2D eigenvalue weighted by molar-refractivity contribution is 5.48. The number of nitrogens with zero attached hydrogens (tertiary/aromatic N) is 2. The van der Waals surface area contributed by atoms with Gasteiger partial charge >= 0.3 is 0 Å². The standard InChI is InChI=1S/C28H34FN3O2/c1-21-2-11-28(24(16-21)18-30)34-20-27(33)19-31-12-14-32(15-13-31)26-9-5-23(6-10-26)17-22-3-7-25(29)8-4-22/h2-11,16,27,33H,12-15,17-20,30H2,1H3/t27-/m0/s1. The van der Waals surface area contributed by atoms with Gasteiger partial charge in [-0.05, 0) is 54.8 Å². The van der Waals surface area contributed by atoms with Crippen LogP contribution in [0.4, 0.5) is 10.1 Å². The number of nitrogens with two attached hydrogens (primary N) is 1. The van der Waals surface area contributed by atoms with Crippen molar-refractivity contribution in [3.63, 3.8) is 0 Å². The molecule has 1 aliphatic heterocycles. The zero-order valence-corrected chi connectivity index (χ0v) is 19.8. The van der Waals surface area contributed by atoms with Gasteiger partial charge in [-0.2, -0.15) is 0 Å². The Balaban J connectivity index is 1.22. The number of ether oxygens (including phenoxy) is 1. The van der Waals surface area contributed by atoms with Crippen LogP contribution in [0.1, 0.15) is 22.3 Å². The smallest absolute Gasteiger partial charge is 0.123 e. The van der Waals surface area contributed by atoms with E-state index in [1.807, 2.05) is 37.3 Å². The molecule has 1 heterocycles. The molecular formula is C28H34FN3O2.